The summed E-state index contributed by atoms with van der Waals surface area (Å²) in [5.41, 5.74) is -0.0339. The van der Waals surface area contributed by atoms with Crippen molar-refractivity contribution >= 4 is 21.7 Å². The summed E-state index contributed by atoms with van der Waals surface area (Å²) < 4.78 is 34.9. The molecule has 0 aromatic carbocycles. The monoisotopic (exact) mass is 391 g/mol. The van der Waals surface area contributed by atoms with Gasteiger partial charge in [-0.25, -0.2) is 13.2 Å². The van der Waals surface area contributed by atoms with Crippen LogP contribution in [0.15, 0.2) is 28.9 Å². The zero-order valence-electron chi connectivity index (χ0n) is 14.5. The van der Waals surface area contributed by atoms with Crippen LogP contribution in [-0.2, 0) is 19.4 Å². The Hall–Kier alpha value is -3.06. The number of ether oxygens (including phenoxy) is 1. The maximum Gasteiger partial charge on any atom is 0.343 e. The topological polar surface area (TPSA) is 131 Å². The van der Waals surface area contributed by atoms with Gasteiger partial charge in [0.25, 0.3) is 5.91 Å². The fourth-order valence-electron chi connectivity index (χ4n) is 2.91. The van der Waals surface area contributed by atoms with Crippen molar-refractivity contribution in [3.05, 3.63) is 41.4 Å². The minimum Gasteiger partial charge on any atom is -0.452 e. The van der Waals surface area contributed by atoms with Gasteiger partial charge in [-0.1, -0.05) is 0 Å². The van der Waals surface area contributed by atoms with E-state index in [-0.39, 0.29) is 34.3 Å². The predicted molar refractivity (Wildman–Crippen MR) is 93.0 cm³/mol. The van der Waals surface area contributed by atoms with Crippen molar-refractivity contribution in [2.45, 2.75) is 19.4 Å². The van der Waals surface area contributed by atoms with Crippen LogP contribution in [-0.4, -0.2) is 49.0 Å². The first-order valence-corrected chi connectivity index (χ1v) is 9.96. The van der Waals surface area contributed by atoms with Gasteiger partial charge >= 0.3 is 5.97 Å². The molecule has 0 bridgehead atoms. The van der Waals surface area contributed by atoms with Gasteiger partial charge in [-0.2, -0.15) is 5.26 Å². The van der Waals surface area contributed by atoms with Crippen LogP contribution < -0.4 is 5.32 Å². The highest BCUT2D eigenvalue weighted by molar-refractivity contribution is 7.91. The lowest BCUT2D eigenvalue weighted by atomic mass is 10.1. The molecule has 0 saturated carbocycles. The summed E-state index contributed by atoms with van der Waals surface area (Å²) in [6, 6.07) is 4.93. The highest BCUT2D eigenvalue weighted by Gasteiger charge is 2.30. The molecule has 3 heterocycles. The van der Waals surface area contributed by atoms with Crippen LogP contribution in [0.25, 0.3) is 5.88 Å². The van der Waals surface area contributed by atoms with Crippen molar-refractivity contribution < 1.29 is 27.2 Å². The molecule has 1 aliphatic rings. The molecule has 2 aromatic heterocycles. The van der Waals surface area contributed by atoms with E-state index in [1.54, 1.807) is 29.1 Å². The van der Waals surface area contributed by atoms with E-state index in [1.807, 2.05) is 6.07 Å². The molecule has 1 fully saturated rings. The van der Waals surface area contributed by atoms with Gasteiger partial charge in [0.15, 0.2) is 16.4 Å². The van der Waals surface area contributed by atoms with E-state index in [9.17, 15) is 23.3 Å². The Morgan fingerprint density at radius 2 is 2.11 bits per heavy atom. The fourth-order valence-corrected chi connectivity index (χ4v) is 4.59. The van der Waals surface area contributed by atoms with Crippen molar-refractivity contribution in [2.75, 3.05) is 18.1 Å². The molecule has 1 amide bonds. The van der Waals surface area contributed by atoms with Gasteiger partial charge in [-0.15, -0.1) is 0 Å². The second-order valence-corrected chi connectivity index (χ2v) is 8.39. The summed E-state index contributed by atoms with van der Waals surface area (Å²) in [7, 11) is -3.12. The Morgan fingerprint density at radius 3 is 2.70 bits per heavy atom. The summed E-state index contributed by atoms with van der Waals surface area (Å²) in [6.45, 7) is 0.942. The first-order chi connectivity index (χ1) is 12.8. The molecule has 1 atom stereocenters. The van der Waals surface area contributed by atoms with E-state index in [0.717, 1.165) is 0 Å². The molecule has 27 heavy (non-hydrogen) atoms. The van der Waals surface area contributed by atoms with Gasteiger partial charge in [0.05, 0.1) is 11.5 Å². The van der Waals surface area contributed by atoms with Crippen molar-refractivity contribution in [3.63, 3.8) is 0 Å². The van der Waals surface area contributed by atoms with Crippen LogP contribution in [0.2, 0.25) is 0 Å². The number of aryl methyl sites for hydroxylation is 1. The van der Waals surface area contributed by atoms with Gasteiger partial charge in [0.1, 0.15) is 23.0 Å². The standard InChI is InChI=1S/C17H17N3O6S/c1-11-15(13(8-18)16(26-11)20-5-2-3-6-20)17(22)25-9-14(21)19-12-4-7-27(23,24)10-12/h2-3,5-6,12H,4,7,9-10H2,1H3,(H,19,21)/t12-/m1/s1. The molecular formula is C17H17N3O6S. The van der Waals surface area contributed by atoms with Crippen molar-refractivity contribution in [1.82, 2.24) is 9.88 Å². The SMILES string of the molecule is Cc1oc(-n2cccc2)c(C#N)c1C(=O)OCC(=O)N[C@@H]1CCS(=O)(=O)C1. The van der Waals surface area contributed by atoms with E-state index >= 15 is 0 Å². The molecule has 0 unspecified atom stereocenters. The molecule has 9 nitrogen and oxygen atoms in total. The highest BCUT2D eigenvalue weighted by Crippen LogP contribution is 2.26. The number of aromatic nitrogens is 1. The fraction of sp³-hybridized carbons (Fsp3) is 0.353. The summed E-state index contributed by atoms with van der Waals surface area (Å²) in [4.78, 5) is 24.3. The van der Waals surface area contributed by atoms with E-state index in [4.69, 9.17) is 9.15 Å². The number of nitrogens with one attached hydrogen (secondary N) is 1. The molecule has 1 saturated heterocycles. The number of carbonyl (C=O) groups is 2. The highest BCUT2D eigenvalue weighted by atomic mass is 32.2. The Balaban J connectivity index is 1.66. The van der Waals surface area contributed by atoms with Crippen LogP contribution in [0.3, 0.4) is 0 Å². The summed E-state index contributed by atoms with van der Waals surface area (Å²) in [5, 5.41) is 11.9. The Labute approximate surface area is 155 Å². The normalized spacial score (nSPS) is 18.0. The number of nitriles is 1. The Kier molecular flexibility index (Phi) is 5.05. The van der Waals surface area contributed by atoms with Crippen molar-refractivity contribution in [3.8, 4) is 12.0 Å². The number of sulfone groups is 1. The minimum atomic E-state index is -3.12. The molecule has 0 spiro atoms. The number of carbonyl (C=O) groups excluding carboxylic acids is 2. The number of hydrogen-bond acceptors (Lipinski definition) is 7. The van der Waals surface area contributed by atoms with E-state index in [1.165, 1.54) is 6.92 Å². The second kappa shape index (κ2) is 7.28. The average molecular weight is 391 g/mol. The Morgan fingerprint density at radius 1 is 1.41 bits per heavy atom. The average Bonchev–Trinajstić information content (AvgIpc) is 3.31. The molecule has 10 heteroatoms. The van der Waals surface area contributed by atoms with Gasteiger partial charge in [0.2, 0.25) is 5.88 Å². The lowest BCUT2D eigenvalue weighted by Gasteiger charge is -2.10. The van der Waals surface area contributed by atoms with Crippen molar-refractivity contribution in [2.24, 2.45) is 0 Å². The smallest absolute Gasteiger partial charge is 0.343 e. The van der Waals surface area contributed by atoms with Crippen LogP contribution >= 0.6 is 0 Å². The van der Waals surface area contributed by atoms with Gasteiger partial charge in [0, 0.05) is 18.4 Å². The van der Waals surface area contributed by atoms with Gasteiger partial charge in [-0.3, -0.25) is 9.36 Å². The Bertz CT molecular complexity index is 1010. The minimum absolute atomic E-state index is 0.0102. The van der Waals surface area contributed by atoms with E-state index in [0.29, 0.717) is 6.42 Å². The molecule has 142 valence electrons. The maximum absolute atomic E-state index is 12.4. The van der Waals surface area contributed by atoms with E-state index in [2.05, 4.69) is 5.32 Å². The zero-order chi connectivity index (χ0) is 19.6. The zero-order valence-corrected chi connectivity index (χ0v) is 15.3. The predicted octanol–water partition coefficient (Wildman–Crippen LogP) is 0.710. The number of esters is 1. The van der Waals surface area contributed by atoms with Crippen LogP contribution in [0, 0.1) is 18.3 Å². The number of rotatable bonds is 5. The number of amides is 1. The van der Waals surface area contributed by atoms with Crippen LogP contribution in [0.1, 0.15) is 28.1 Å². The number of nitrogens with zero attached hydrogens (tertiary/aromatic N) is 2. The third kappa shape index (κ3) is 4.03. The number of hydrogen-bond donors (Lipinski definition) is 1. The molecule has 3 rings (SSSR count). The van der Waals surface area contributed by atoms with Crippen LogP contribution in [0.5, 0.6) is 0 Å². The summed E-state index contributed by atoms with van der Waals surface area (Å²) >= 11 is 0. The van der Waals surface area contributed by atoms with Gasteiger partial charge < -0.3 is 14.5 Å². The summed E-state index contributed by atoms with van der Waals surface area (Å²) in [6.07, 6.45) is 3.66. The first-order valence-electron chi connectivity index (χ1n) is 8.14. The molecule has 2 aromatic rings. The second-order valence-electron chi connectivity index (χ2n) is 6.16. The third-order valence-electron chi connectivity index (χ3n) is 4.15. The van der Waals surface area contributed by atoms with Gasteiger partial charge in [-0.05, 0) is 25.5 Å². The molecule has 0 aliphatic carbocycles. The van der Waals surface area contributed by atoms with Crippen LogP contribution in [0.4, 0.5) is 0 Å². The van der Waals surface area contributed by atoms with Crippen molar-refractivity contribution in [1.29, 1.82) is 5.26 Å². The largest absolute Gasteiger partial charge is 0.452 e. The molecule has 1 aliphatic heterocycles. The first kappa shape index (κ1) is 18.7. The lowest BCUT2D eigenvalue weighted by Crippen LogP contribution is -2.38. The quantitative estimate of drug-likeness (QED) is 0.743. The third-order valence-corrected chi connectivity index (χ3v) is 5.92. The van der Waals surface area contributed by atoms with E-state index < -0.39 is 34.4 Å². The number of furan rings is 1. The lowest BCUT2D eigenvalue weighted by molar-refractivity contribution is -0.124. The molecular weight excluding hydrogens is 374 g/mol. The summed E-state index contributed by atoms with van der Waals surface area (Å²) in [5.74, 6) is -1.17. The maximum atomic E-state index is 12.4. The molecule has 1 N–H and O–H groups in total. The molecule has 0 radical (unpaired) electrons.